The van der Waals surface area contributed by atoms with Crippen molar-refractivity contribution in [2.75, 3.05) is 12.4 Å². The van der Waals surface area contributed by atoms with Crippen LogP contribution in [0.1, 0.15) is 42.6 Å². The molecule has 102 valence electrons. The van der Waals surface area contributed by atoms with Gasteiger partial charge in [-0.15, -0.1) is 11.6 Å². The van der Waals surface area contributed by atoms with Gasteiger partial charge in [0, 0.05) is 18.0 Å². The lowest BCUT2D eigenvalue weighted by Crippen LogP contribution is -2.52. The molecular formula is C15H18ClNO2. The zero-order valence-corrected chi connectivity index (χ0v) is 12.0. The Hall–Kier alpha value is -1.35. The number of imide groups is 1. The summed E-state index contributed by atoms with van der Waals surface area (Å²) < 4.78 is 0. The molecule has 1 aliphatic heterocycles. The van der Waals surface area contributed by atoms with Crippen molar-refractivity contribution in [2.45, 2.75) is 32.1 Å². The van der Waals surface area contributed by atoms with Crippen LogP contribution < -0.4 is 0 Å². The second-order valence-electron chi connectivity index (χ2n) is 5.33. The fourth-order valence-corrected chi connectivity index (χ4v) is 2.66. The number of halogens is 1. The molecule has 2 amide bonds. The van der Waals surface area contributed by atoms with Gasteiger partial charge in [-0.1, -0.05) is 18.2 Å². The Morgan fingerprint density at radius 1 is 1.16 bits per heavy atom. The van der Waals surface area contributed by atoms with Gasteiger partial charge in [0.2, 0.25) is 5.91 Å². The van der Waals surface area contributed by atoms with Crippen LogP contribution in [-0.2, 0) is 10.2 Å². The molecule has 19 heavy (non-hydrogen) atoms. The van der Waals surface area contributed by atoms with Gasteiger partial charge in [-0.25, -0.2) is 0 Å². The predicted octanol–water partition coefficient (Wildman–Crippen LogP) is 2.97. The van der Waals surface area contributed by atoms with E-state index >= 15 is 0 Å². The van der Waals surface area contributed by atoms with Crippen molar-refractivity contribution in [3.63, 3.8) is 0 Å². The van der Waals surface area contributed by atoms with Crippen LogP contribution in [0.2, 0.25) is 0 Å². The number of hydrogen-bond acceptors (Lipinski definition) is 2. The molecule has 1 aromatic carbocycles. The van der Waals surface area contributed by atoms with E-state index in [1.165, 1.54) is 4.90 Å². The Labute approximate surface area is 118 Å². The maximum absolute atomic E-state index is 12.5. The van der Waals surface area contributed by atoms with Crippen molar-refractivity contribution < 1.29 is 9.59 Å². The van der Waals surface area contributed by atoms with E-state index in [0.29, 0.717) is 18.0 Å². The van der Waals surface area contributed by atoms with Gasteiger partial charge < -0.3 is 0 Å². The summed E-state index contributed by atoms with van der Waals surface area (Å²) in [5.74, 6) is 0.246. The molecule has 2 rings (SSSR count). The third-order valence-electron chi connectivity index (χ3n) is 3.62. The molecule has 0 atom stereocenters. The van der Waals surface area contributed by atoms with Gasteiger partial charge in [0.1, 0.15) is 0 Å². The highest BCUT2D eigenvalue weighted by molar-refractivity contribution is 6.17. The number of unbranched alkanes of at least 4 members (excludes halogenated alkanes) is 1. The zero-order valence-electron chi connectivity index (χ0n) is 11.3. The van der Waals surface area contributed by atoms with Crippen LogP contribution in [0.3, 0.4) is 0 Å². The lowest BCUT2D eigenvalue weighted by molar-refractivity contribution is -0.134. The first-order valence-electron chi connectivity index (χ1n) is 6.52. The largest absolute Gasteiger partial charge is 0.278 e. The van der Waals surface area contributed by atoms with Gasteiger partial charge in [0.15, 0.2) is 0 Å². The van der Waals surface area contributed by atoms with E-state index < -0.39 is 5.41 Å². The maximum Gasteiger partial charge on any atom is 0.260 e. The molecule has 4 heteroatoms. The molecule has 0 aromatic heterocycles. The minimum Gasteiger partial charge on any atom is -0.278 e. The summed E-state index contributed by atoms with van der Waals surface area (Å²) in [6, 6.07) is 7.35. The summed E-state index contributed by atoms with van der Waals surface area (Å²) in [7, 11) is 0. The van der Waals surface area contributed by atoms with Crippen molar-refractivity contribution in [1.82, 2.24) is 4.90 Å². The smallest absolute Gasteiger partial charge is 0.260 e. The van der Waals surface area contributed by atoms with Crippen LogP contribution in [0.4, 0.5) is 0 Å². The number of hydrogen-bond donors (Lipinski definition) is 0. The standard InChI is InChI=1S/C15H18ClNO2/c1-15(2)12-8-4-3-7-11(12)13(18)17(14(15)19)10-6-5-9-16/h3-4,7-8H,5-6,9-10H2,1-2H3. The summed E-state index contributed by atoms with van der Waals surface area (Å²) in [5.41, 5.74) is 0.808. The Morgan fingerprint density at radius 3 is 2.53 bits per heavy atom. The van der Waals surface area contributed by atoms with E-state index in [-0.39, 0.29) is 11.8 Å². The van der Waals surface area contributed by atoms with Crippen molar-refractivity contribution in [1.29, 1.82) is 0 Å². The van der Waals surface area contributed by atoms with E-state index in [1.807, 2.05) is 32.0 Å². The Morgan fingerprint density at radius 2 is 1.84 bits per heavy atom. The van der Waals surface area contributed by atoms with Gasteiger partial charge in [-0.05, 0) is 38.3 Å². The number of alkyl halides is 1. The van der Waals surface area contributed by atoms with E-state index in [1.54, 1.807) is 6.07 Å². The van der Waals surface area contributed by atoms with Crippen molar-refractivity contribution in [3.05, 3.63) is 35.4 Å². The number of nitrogens with zero attached hydrogens (tertiary/aromatic N) is 1. The number of fused-ring (bicyclic) bond motifs is 1. The molecule has 0 unspecified atom stereocenters. The third-order valence-corrected chi connectivity index (χ3v) is 3.89. The lowest BCUT2D eigenvalue weighted by atomic mass is 9.77. The molecule has 1 heterocycles. The molecule has 0 bridgehead atoms. The van der Waals surface area contributed by atoms with Gasteiger partial charge in [0.25, 0.3) is 5.91 Å². The summed E-state index contributed by atoms with van der Waals surface area (Å²) in [6.07, 6.45) is 1.56. The monoisotopic (exact) mass is 279 g/mol. The SMILES string of the molecule is CC1(C)C(=O)N(CCCCCl)C(=O)c2ccccc21. The normalized spacial score (nSPS) is 17.5. The van der Waals surface area contributed by atoms with Crippen molar-refractivity contribution in [3.8, 4) is 0 Å². The first-order valence-corrected chi connectivity index (χ1v) is 7.05. The first kappa shape index (κ1) is 14.1. The first-order chi connectivity index (χ1) is 9.00. The average Bonchev–Trinajstić information content (AvgIpc) is 2.41. The zero-order chi connectivity index (χ0) is 14.0. The molecule has 0 spiro atoms. The number of amides is 2. The van der Waals surface area contributed by atoms with Crippen LogP contribution in [-0.4, -0.2) is 29.1 Å². The van der Waals surface area contributed by atoms with Crippen LogP contribution in [0.25, 0.3) is 0 Å². The molecule has 1 aromatic rings. The molecule has 0 N–H and O–H groups in total. The molecule has 1 aliphatic rings. The van der Waals surface area contributed by atoms with Gasteiger partial charge in [-0.3, -0.25) is 14.5 Å². The predicted molar refractivity (Wildman–Crippen MR) is 75.5 cm³/mol. The van der Waals surface area contributed by atoms with E-state index in [4.69, 9.17) is 11.6 Å². The van der Waals surface area contributed by atoms with Crippen LogP contribution in [0.5, 0.6) is 0 Å². The third kappa shape index (κ3) is 2.39. The maximum atomic E-state index is 12.5. The highest BCUT2D eigenvalue weighted by Crippen LogP contribution is 2.34. The molecular weight excluding hydrogens is 262 g/mol. The second-order valence-corrected chi connectivity index (χ2v) is 5.71. The average molecular weight is 280 g/mol. The molecule has 0 saturated heterocycles. The second kappa shape index (κ2) is 5.33. The molecule has 0 aliphatic carbocycles. The quantitative estimate of drug-likeness (QED) is 0.483. The van der Waals surface area contributed by atoms with Gasteiger partial charge >= 0.3 is 0 Å². The van der Waals surface area contributed by atoms with Gasteiger partial charge in [0.05, 0.1) is 5.41 Å². The summed E-state index contributed by atoms with van der Waals surface area (Å²) in [6.45, 7) is 4.19. The lowest BCUT2D eigenvalue weighted by Gasteiger charge is -2.37. The molecule has 0 fully saturated rings. The van der Waals surface area contributed by atoms with Crippen LogP contribution >= 0.6 is 11.6 Å². The number of rotatable bonds is 4. The fourth-order valence-electron chi connectivity index (χ4n) is 2.47. The highest BCUT2D eigenvalue weighted by Gasteiger charge is 2.43. The van der Waals surface area contributed by atoms with Gasteiger partial charge in [-0.2, -0.15) is 0 Å². The number of benzene rings is 1. The Kier molecular flexibility index (Phi) is 3.95. The van der Waals surface area contributed by atoms with Crippen LogP contribution in [0.15, 0.2) is 24.3 Å². The summed E-state index contributed by atoms with van der Waals surface area (Å²) in [5, 5.41) is 0. The Balaban J connectivity index is 2.35. The van der Waals surface area contributed by atoms with Crippen molar-refractivity contribution >= 4 is 23.4 Å². The van der Waals surface area contributed by atoms with E-state index in [2.05, 4.69) is 0 Å². The van der Waals surface area contributed by atoms with E-state index in [0.717, 1.165) is 18.4 Å². The molecule has 0 saturated carbocycles. The molecule has 3 nitrogen and oxygen atoms in total. The summed E-state index contributed by atoms with van der Waals surface area (Å²) in [4.78, 5) is 26.2. The summed E-state index contributed by atoms with van der Waals surface area (Å²) >= 11 is 5.64. The number of carbonyl (C=O) groups excluding carboxylic acids is 2. The highest BCUT2D eigenvalue weighted by atomic mass is 35.5. The van der Waals surface area contributed by atoms with Crippen molar-refractivity contribution in [2.24, 2.45) is 0 Å². The van der Waals surface area contributed by atoms with Crippen LogP contribution in [0, 0.1) is 0 Å². The minimum absolute atomic E-state index is 0.120. The minimum atomic E-state index is -0.647. The molecule has 0 radical (unpaired) electrons. The fraction of sp³-hybridized carbons (Fsp3) is 0.467. The topological polar surface area (TPSA) is 37.4 Å². The number of carbonyl (C=O) groups is 2. The Bertz CT molecular complexity index is 511. The van der Waals surface area contributed by atoms with E-state index in [9.17, 15) is 9.59 Å².